The molecule has 1 heterocycles. The van der Waals surface area contributed by atoms with Gasteiger partial charge in [0.15, 0.2) is 0 Å². The fourth-order valence-corrected chi connectivity index (χ4v) is 3.12. The number of thiophene rings is 1. The van der Waals surface area contributed by atoms with Gasteiger partial charge >= 0.3 is 0 Å². The molecule has 1 aromatic carbocycles. The van der Waals surface area contributed by atoms with E-state index >= 15 is 0 Å². The van der Waals surface area contributed by atoms with Crippen LogP contribution in [-0.4, -0.2) is 5.91 Å². The summed E-state index contributed by atoms with van der Waals surface area (Å²) in [5.74, 6) is 0.838. The number of hydrogen-bond acceptors (Lipinski definition) is 2. The molecule has 1 N–H and O–H groups in total. The average Bonchev–Trinajstić information content (AvgIpc) is 3.03. The lowest BCUT2D eigenvalue weighted by Gasteiger charge is -2.04. The van der Waals surface area contributed by atoms with Gasteiger partial charge in [-0.25, -0.2) is 0 Å². The quantitative estimate of drug-likeness (QED) is 0.895. The van der Waals surface area contributed by atoms with Crippen LogP contribution in [0.15, 0.2) is 47.8 Å². The summed E-state index contributed by atoms with van der Waals surface area (Å²) in [6, 6.07) is 14.2. The number of rotatable bonds is 4. The Morgan fingerprint density at radius 3 is 2.78 bits per heavy atom. The van der Waals surface area contributed by atoms with Gasteiger partial charge in [-0.3, -0.25) is 4.79 Å². The van der Waals surface area contributed by atoms with Gasteiger partial charge in [-0.1, -0.05) is 36.4 Å². The summed E-state index contributed by atoms with van der Waals surface area (Å²) >= 11 is 1.75. The van der Waals surface area contributed by atoms with Crippen LogP contribution < -0.4 is 5.32 Å². The molecule has 0 radical (unpaired) electrons. The van der Waals surface area contributed by atoms with Crippen molar-refractivity contribution in [3.05, 3.63) is 58.3 Å². The summed E-state index contributed by atoms with van der Waals surface area (Å²) in [5.41, 5.74) is 1.15. The highest BCUT2D eigenvalue weighted by Crippen LogP contribution is 2.49. The van der Waals surface area contributed by atoms with Crippen LogP contribution in [0.1, 0.15) is 22.8 Å². The van der Waals surface area contributed by atoms with Gasteiger partial charge in [-0.05, 0) is 23.4 Å². The molecule has 1 amide bonds. The Hall–Kier alpha value is -1.61. The van der Waals surface area contributed by atoms with Gasteiger partial charge in [0.2, 0.25) is 5.91 Å². The van der Waals surface area contributed by atoms with E-state index in [2.05, 4.69) is 22.8 Å². The number of carbonyl (C=O) groups excluding carboxylic acids is 1. The zero-order valence-corrected chi connectivity index (χ0v) is 10.8. The van der Waals surface area contributed by atoms with Crippen molar-refractivity contribution < 1.29 is 4.79 Å². The summed E-state index contributed by atoms with van der Waals surface area (Å²) in [6.07, 6.45) is 1.00. The Morgan fingerprint density at radius 2 is 2.06 bits per heavy atom. The molecule has 0 aliphatic heterocycles. The van der Waals surface area contributed by atoms with E-state index in [1.54, 1.807) is 11.3 Å². The molecule has 2 unspecified atom stereocenters. The van der Waals surface area contributed by atoms with Crippen molar-refractivity contribution in [1.29, 1.82) is 0 Å². The highest BCUT2D eigenvalue weighted by Gasteiger charge is 2.44. The summed E-state index contributed by atoms with van der Waals surface area (Å²) in [5, 5.41) is 5.09. The molecule has 1 aliphatic carbocycles. The minimum Gasteiger partial charge on any atom is -0.352 e. The molecular weight excluding hydrogens is 242 g/mol. The Morgan fingerprint density at radius 1 is 1.22 bits per heavy atom. The van der Waals surface area contributed by atoms with Crippen LogP contribution >= 0.6 is 11.3 Å². The van der Waals surface area contributed by atoms with Crippen LogP contribution in [-0.2, 0) is 11.3 Å². The highest BCUT2D eigenvalue weighted by atomic mass is 32.1. The Bertz CT molecular complexity index is 521. The van der Waals surface area contributed by atoms with Crippen LogP contribution in [0.3, 0.4) is 0 Å². The van der Waals surface area contributed by atoms with E-state index in [1.165, 1.54) is 4.88 Å². The van der Waals surface area contributed by atoms with Crippen molar-refractivity contribution in [2.75, 3.05) is 0 Å². The van der Waals surface area contributed by atoms with Gasteiger partial charge < -0.3 is 5.32 Å². The number of benzene rings is 1. The minimum atomic E-state index is 0.187. The summed E-state index contributed by atoms with van der Waals surface area (Å²) in [6.45, 7) is 0.632. The fraction of sp³-hybridized carbons (Fsp3) is 0.267. The predicted octanol–water partition coefficient (Wildman–Crippen LogP) is 3.17. The summed E-state index contributed by atoms with van der Waals surface area (Å²) in [7, 11) is 0. The smallest absolute Gasteiger partial charge is 0.224 e. The van der Waals surface area contributed by atoms with Crippen LogP contribution in [0.25, 0.3) is 0 Å². The maximum absolute atomic E-state index is 12.0. The number of amides is 1. The minimum absolute atomic E-state index is 0.187. The van der Waals surface area contributed by atoms with Crippen LogP contribution in [0.5, 0.6) is 0 Å². The Kier molecular flexibility index (Phi) is 3.15. The van der Waals surface area contributed by atoms with Crippen molar-refractivity contribution in [3.8, 4) is 0 Å². The number of hydrogen-bond donors (Lipinski definition) is 1. The van der Waals surface area contributed by atoms with E-state index in [1.807, 2.05) is 30.3 Å². The molecule has 0 bridgehead atoms. The largest absolute Gasteiger partial charge is 0.352 e. The summed E-state index contributed by atoms with van der Waals surface area (Å²) < 4.78 is 0. The molecule has 0 spiro atoms. The molecule has 18 heavy (non-hydrogen) atoms. The van der Waals surface area contributed by atoms with Gasteiger partial charge in [0.1, 0.15) is 0 Å². The molecule has 92 valence electrons. The monoisotopic (exact) mass is 257 g/mol. The topological polar surface area (TPSA) is 29.1 Å². The molecule has 3 heteroatoms. The highest BCUT2D eigenvalue weighted by molar-refractivity contribution is 7.10. The standard InChI is InChI=1S/C15H15NOS/c17-15(16-10-11-5-2-1-3-6-11)13-9-12(13)14-7-4-8-18-14/h1-8,12-13H,9-10H2,(H,16,17). The second kappa shape index (κ2) is 4.94. The third-order valence-corrected chi connectivity index (χ3v) is 4.35. The maximum atomic E-state index is 12.0. The molecule has 1 aliphatic rings. The van der Waals surface area contributed by atoms with Gasteiger partial charge in [-0.15, -0.1) is 11.3 Å². The first-order valence-corrected chi connectivity index (χ1v) is 7.07. The Labute approximate surface area is 111 Å². The first-order chi connectivity index (χ1) is 8.84. The van der Waals surface area contributed by atoms with Crippen molar-refractivity contribution in [2.24, 2.45) is 5.92 Å². The second-order valence-electron chi connectivity index (χ2n) is 4.67. The van der Waals surface area contributed by atoms with Gasteiger partial charge in [0.05, 0.1) is 0 Å². The Balaban J connectivity index is 1.52. The van der Waals surface area contributed by atoms with Gasteiger partial charge in [0.25, 0.3) is 0 Å². The van der Waals surface area contributed by atoms with E-state index in [4.69, 9.17) is 0 Å². The third-order valence-electron chi connectivity index (χ3n) is 3.35. The van der Waals surface area contributed by atoms with E-state index in [0.29, 0.717) is 12.5 Å². The summed E-state index contributed by atoms with van der Waals surface area (Å²) in [4.78, 5) is 13.3. The molecular formula is C15H15NOS. The maximum Gasteiger partial charge on any atom is 0.224 e. The molecule has 1 fully saturated rings. The van der Waals surface area contributed by atoms with Crippen LogP contribution in [0.2, 0.25) is 0 Å². The van der Waals surface area contributed by atoms with Gasteiger partial charge in [0, 0.05) is 23.3 Å². The van der Waals surface area contributed by atoms with Crippen molar-refractivity contribution in [3.63, 3.8) is 0 Å². The lowest BCUT2D eigenvalue weighted by Crippen LogP contribution is -2.24. The predicted molar refractivity (Wildman–Crippen MR) is 73.5 cm³/mol. The normalized spacial score (nSPS) is 21.6. The second-order valence-corrected chi connectivity index (χ2v) is 5.65. The SMILES string of the molecule is O=C(NCc1ccccc1)C1CC1c1cccs1. The lowest BCUT2D eigenvalue weighted by atomic mass is 10.2. The van der Waals surface area contributed by atoms with Crippen LogP contribution in [0, 0.1) is 5.92 Å². The van der Waals surface area contributed by atoms with Crippen molar-refractivity contribution in [1.82, 2.24) is 5.32 Å². The molecule has 2 atom stereocenters. The number of nitrogens with one attached hydrogen (secondary N) is 1. The molecule has 1 saturated carbocycles. The first-order valence-electron chi connectivity index (χ1n) is 6.19. The molecule has 2 nitrogen and oxygen atoms in total. The van der Waals surface area contributed by atoms with Crippen LogP contribution in [0.4, 0.5) is 0 Å². The van der Waals surface area contributed by atoms with E-state index in [0.717, 1.165) is 12.0 Å². The van der Waals surface area contributed by atoms with Crippen molar-refractivity contribution in [2.45, 2.75) is 18.9 Å². The average molecular weight is 257 g/mol. The zero-order valence-electron chi connectivity index (χ0n) is 10.0. The molecule has 2 aromatic rings. The first kappa shape index (κ1) is 11.5. The molecule has 0 saturated heterocycles. The zero-order chi connectivity index (χ0) is 12.4. The van der Waals surface area contributed by atoms with E-state index in [9.17, 15) is 4.79 Å². The number of carbonyl (C=O) groups is 1. The van der Waals surface area contributed by atoms with Crippen molar-refractivity contribution >= 4 is 17.2 Å². The molecule has 3 rings (SSSR count). The van der Waals surface area contributed by atoms with Gasteiger partial charge in [-0.2, -0.15) is 0 Å². The fourth-order valence-electron chi connectivity index (χ4n) is 2.22. The third kappa shape index (κ3) is 2.46. The lowest BCUT2D eigenvalue weighted by molar-refractivity contribution is -0.122. The van der Waals surface area contributed by atoms with E-state index < -0.39 is 0 Å². The molecule has 1 aromatic heterocycles. The van der Waals surface area contributed by atoms with E-state index in [-0.39, 0.29) is 11.8 Å².